The third kappa shape index (κ3) is 2.70. The summed E-state index contributed by atoms with van der Waals surface area (Å²) in [7, 11) is 0. The van der Waals surface area contributed by atoms with E-state index in [1.165, 1.54) is 12.1 Å². The molecule has 2 aromatic carbocycles. The molecule has 100 valence electrons. The minimum absolute atomic E-state index is 0.0514. The molecule has 0 aliphatic heterocycles. The van der Waals surface area contributed by atoms with E-state index in [2.05, 4.69) is 5.32 Å². The second-order valence-electron chi connectivity index (χ2n) is 4.37. The van der Waals surface area contributed by atoms with Gasteiger partial charge in [-0.1, -0.05) is 6.07 Å². The predicted molar refractivity (Wildman–Crippen MR) is 76.4 cm³/mol. The maximum atomic E-state index is 12.1. The number of anilines is 2. The van der Waals surface area contributed by atoms with Crippen LogP contribution in [0.2, 0.25) is 0 Å². The van der Waals surface area contributed by atoms with Gasteiger partial charge in [0.05, 0.1) is 11.3 Å². The highest BCUT2D eigenvalue weighted by Gasteiger charge is 2.10. The number of nitrogens with two attached hydrogens (primary N) is 1. The maximum absolute atomic E-state index is 12.1. The number of hydrogen-bond acceptors (Lipinski definition) is 4. The second-order valence-corrected chi connectivity index (χ2v) is 4.37. The van der Waals surface area contributed by atoms with Gasteiger partial charge >= 0.3 is 0 Å². The fourth-order valence-electron chi connectivity index (χ4n) is 1.71. The molecule has 0 fully saturated rings. The minimum Gasteiger partial charge on any atom is -0.508 e. The lowest BCUT2D eigenvalue weighted by molar-refractivity contribution is 0.102. The van der Waals surface area contributed by atoms with Crippen molar-refractivity contribution in [2.75, 3.05) is 11.1 Å². The number of phenols is 1. The zero-order valence-corrected chi connectivity index (χ0v) is 10.8. The molecule has 0 aliphatic rings. The molecule has 0 unspecified atom stereocenters. The predicted octanol–water partition coefficient (Wildman–Crippen LogP) is 2.41. The summed E-state index contributed by atoms with van der Waals surface area (Å²) in [5.41, 5.74) is 7.70. The standard InChI is InChI=1S/C15H13N3O2/c1-9-2-3-10(7-14(9)19)15(20)18-13-5-4-12(17)6-11(13)8-16/h2-7,19H,17H2,1H3,(H,18,20). The largest absolute Gasteiger partial charge is 0.508 e. The first-order valence-electron chi connectivity index (χ1n) is 5.92. The first kappa shape index (κ1) is 13.4. The number of rotatable bonds is 2. The molecule has 0 aromatic heterocycles. The summed E-state index contributed by atoms with van der Waals surface area (Å²) in [6.07, 6.45) is 0. The normalized spacial score (nSPS) is 9.80. The third-order valence-corrected chi connectivity index (χ3v) is 2.88. The number of nitrogens with one attached hydrogen (secondary N) is 1. The van der Waals surface area contributed by atoms with E-state index in [-0.39, 0.29) is 11.3 Å². The van der Waals surface area contributed by atoms with Crippen molar-refractivity contribution in [2.45, 2.75) is 6.92 Å². The van der Waals surface area contributed by atoms with Crippen LogP contribution in [0.15, 0.2) is 36.4 Å². The van der Waals surface area contributed by atoms with Crippen LogP contribution in [0.25, 0.3) is 0 Å². The summed E-state index contributed by atoms with van der Waals surface area (Å²) in [6.45, 7) is 1.74. The molecule has 0 saturated carbocycles. The monoisotopic (exact) mass is 267 g/mol. The van der Waals surface area contributed by atoms with Crippen molar-refractivity contribution in [1.82, 2.24) is 0 Å². The number of benzene rings is 2. The number of hydrogen-bond donors (Lipinski definition) is 3. The van der Waals surface area contributed by atoms with Gasteiger partial charge in [-0.3, -0.25) is 4.79 Å². The topological polar surface area (TPSA) is 99.1 Å². The Balaban J connectivity index is 2.28. The van der Waals surface area contributed by atoms with Gasteiger partial charge < -0.3 is 16.2 Å². The Morgan fingerprint density at radius 1 is 1.30 bits per heavy atom. The summed E-state index contributed by atoms with van der Waals surface area (Å²) in [5, 5.41) is 21.2. The summed E-state index contributed by atoms with van der Waals surface area (Å²) in [5.74, 6) is -0.350. The smallest absolute Gasteiger partial charge is 0.255 e. The van der Waals surface area contributed by atoms with Crippen molar-refractivity contribution in [2.24, 2.45) is 0 Å². The van der Waals surface area contributed by atoms with Crippen LogP contribution in [0.5, 0.6) is 5.75 Å². The number of phenolic OH excluding ortho intramolecular Hbond substituents is 1. The highest BCUT2D eigenvalue weighted by Crippen LogP contribution is 2.21. The van der Waals surface area contributed by atoms with Crippen LogP contribution >= 0.6 is 0 Å². The van der Waals surface area contributed by atoms with E-state index in [0.717, 1.165) is 0 Å². The van der Waals surface area contributed by atoms with Crippen LogP contribution in [0.4, 0.5) is 11.4 Å². The summed E-state index contributed by atoms with van der Waals surface area (Å²) in [6, 6.07) is 11.3. The van der Waals surface area contributed by atoms with Gasteiger partial charge in [0, 0.05) is 11.3 Å². The number of aryl methyl sites for hydroxylation is 1. The molecule has 2 aromatic rings. The number of carbonyl (C=O) groups is 1. The van der Waals surface area contributed by atoms with Gasteiger partial charge in [0.15, 0.2) is 0 Å². The summed E-state index contributed by atoms with van der Waals surface area (Å²) >= 11 is 0. The SMILES string of the molecule is Cc1ccc(C(=O)Nc2ccc(N)cc2C#N)cc1O. The average Bonchev–Trinajstić information content (AvgIpc) is 2.43. The molecule has 0 bridgehead atoms. The van der Waals surface area contributed by atoms with Gasteiger partial charge in [-0.15, -0.1) is 0 Å². The molecule has 4 N–H and O–H groups in total. The second kappa shape index (κ2) is 5.33. The van der Waals surface area contributed by atoms with Gasteiger partial charge in [-0.2, -0.15) is 5.26 Å². The Morgan fingerprint density at radius 3 is 2.70 bits per heavy atom. The number of nitriles is 1. The first-order chi connectivity index (χ1) is 9.51. The number of amides is 1. The van der Waals surface area contributed by atoms with E-state index in [9.17, 15) is 9.90 Å². The lowest BCUT2D eigenvalue weighted by Crippen LogP contribution is -2.13. The lowest BCUT2D eigenvalue weighted by atomic mass is 10.1. The Hall–Kier alpha value is -3.00. The van der Waals surface area contributed by atoms with Crippen molar-refractivity contribution in [3.8, 4) is 11.8 Å². The number of carbonyl (C=O) groups excluding carboxylic acids is 1. The fraction of sp³-hybridized carbons (Fsp3) is 0.0667. The van der Waals surface area contributed by atoms with Crippen LogP contribution < -0.4 is 11.1 Å². The van der Waals surface area contributed by atoms with Crippen molar-refractivity contribution in [3.05, 3.63) is 53.1 Å². The van der Waals surface area contributed by atoms with Crippen LogP contribution in [0.3, 0.4) is 0 Å². The molecular formula is C15H13N3O2. The van der Waals surface area contributed by atoms with Crippen molar-refractivity contribution >= 4 is 17.3 Å². The van der Waals surface area contributed by atoms with E-state index in [4.69, 9.17) is 11.0 Å². The molecule has 0 heterocycles. The fourth-order valence-corrected chi connectivity index (χ4v) is 1.71. The van der Waals surface area contributed by atoms with Crippen LogP contribution in [-0.2, 0) is 0 Å². The van der Waals surface area contributed by atoms with E-state index < -0.39 is 5.91 Å². The molecule has 5 heteroatoms. The Bertz CT molecular complexity index is 718. The van der Waals surface area contributed by atoms with Crippen molar-refractivity contribution in [3.63, 3.8) is 0 Å². The van der Waals surface area contributed by atoms with Gasteiger partial charge in [0.1, 0.15) is 11.8 Å². The number of nitrogens with zero attached hydrogens (tertiary/aromatic N) is 1. The zero-order chi connectivity index (χ0) is 14.7. The molecule has 20 heavy (non-hydrogen) atoms. The molecule has 0 saturated heterocycles. The molecular weight excluding hydrogens is 254 g/mol. The van der Waals surface area contributed by atoms with Crippen molar-refractivity contribution < 1.29 is 9.90 Å². The van der Waals surface area contributed by atoms with E-state index in [1.54, 1.807) is 31.2 Å². The molecule has 5 nitrogen and oxygen atoms in total. The number of aromatic hydroxyl groups is 1. The quantitative estimate of drug-likeness (QED) is 0.727. The molecule has 2 rings (SSSR count). The molecule has 0 atom stereocenters. The maximum Gasteiger partial charge on any atom is 0.255 e. The molecule has 0 radical (unpaired) electrons. The molecule has 0 aliphatic carbocycles. The van der Waals surface area contributed by atoms with Gasteiger partial charge in [-0.05, 0) is 42.8 Å². The van der Waals surface area contributed by atoms with Crippen LogP contribution in [0, 0.1) is 18.3 Å². The average molecular weight is 267 g/mol. The van der Waals surface area contributed by atoms with E-state index in [0.29, 0.717) is 22.5 Å². The third-order valence-electron chi connectivity index (χ3n) is 2.88. The zero-order valence-electron chi connectivity index (χ0n) is 10.8. The first-order valence-corrected chi connectivity index (χ1v) is 5.92. The van der Waals surface area contributed by atoms with Crippen LogP contribution in [0.1, 0.15) is 21.5 Å². The minimum atomic E-state index is -0.401. The van der Waals surface area contributed by atoms with Gasteiger partial charge in [-0.25, -0.2) is 0 Å². The Morgan fingerprint density at radius 2 is 2.05 bits per heavy atom. The van der Waals surface area contributed by atoms with E-state index in [1.807, 2.05) is 6.07 Å². The lowest BCUT2D eigenvalue weighted by Gasteiger charge is -2.08. The molecule has 1 amide bonds. The van der Waals surface area contributed by atoms with Crippen LogP contribution in [-0.4, -0.2) is 11.0 Å². The Kier molecular flexibility index (Phi) is 3.58. The number of nitrogen functional groups attached to an aromatic ring is 1. The highest BCUT2D eigenvalue weighted by atomic mass is 16.3. The summed E-state index contributed by atoms with van der Waals surface area (Å²) < 4.78 is 0. The Labute approximate surface area is 116 Å². The highest BCUT2D eigenvalue weighted by molar-refractivity contribution is 6.05. The van der Waals surface area contributed by atoms with Crippen molar-refractivity contribution in [1.29, 1.82) is 5.26 Å². The van der Waals surface area contributed by atoms with Gasteiger partial charge in [0.25, 0.3) is 5.91 Å². The summed E-state index contributed by atoms with van der Waals surface area (Å²) in [4.78, 5) is 12.1. The van der Waals surface area contributed by atoms with E-state index >= 15 is 0 Å². The van der Waals surface area contributed by atoms with Gasteiger partial charge in [0.2, 0.25) is 0 Å². The molecule has 0 spiro atoms.